The minimum atomic E-state index is -0.0518. The van der Waals surface area contributed by atoms with Crippen molar-refractivity contribution in [1.29, 1.82) is 0 Å². The van der Waals surface area contributed by atoms with Gasteiger partial charge in [-0.3, -0.25) is 4.79 Å². The fourth-order valence-electron chi connectivity index (χ4n) is 4.13. The van der Waals surface area contributed by atoms with Gasteiger partial charge >= 0.3 is 0 Å². The highest BCUT2D eigenvalue weighted by atomic mass is 16.5. The summed E-state index contributed by atoms with van der Waals surface area (Å²) >= 11 is 0. The van der Waals surface area contributed by atoms with E-state index in [2.05, 4.69) is 17.1 Å². The summed E-state index contributed by atoms with van der Waals surface area (Å²) in [7, 11) is 3.27. The zero-order valence-corrected chi connectivity index (χ0v) is 16.4. The molecule has 2 heterocycles. The molecule has 146 valence electrons. The van der Waals surface area contributed by atoms with Gasteiger partial charge in [0.25, 0.3) is 0 Å². The fourth-order valence-corrected chi connectivity index (χ4v) is 4.13. The molecule has 2 aromatic carbocycles. The maximum absolute atomic E-state index is 13.0. The molecule has 0 unspecified atom stereocenters. The van der Waals surface area contributed by atoms with E-state index in [9.17, 15) is 4.79 Å². The van der Waals surface area contributed by atoms with Crippen molar-refractivity contribution in [3.63, 3.8) is 0 Å². The van der Waals surface area contributed by atoms with Gasteiger partial charge in [-0.1, -0.05) is 24.3 Å². The molecule has 5 heteroatoms. The van der Waals surface area contributed by atoms with Gasteiger partial charge in [-0.25, -0.2) is 0 Å². The Morgan fingerprint density at radius 2 is 1.82 bits per heavy atom. The van der Waals surface area contributed by atoms with E-state index in [0.717, 1.165) is 48.0 Å². The summed E-state index contributed by atoms with van der Waals surface area (Å²) in [5.74, 6) is 1.53. The summed E-state index contributed by atoms with van der Waals surface area (Å²) < 4.78 is 10.9. The molecular weight excluding hydrogens is 352 g/mol. The number of hydrogen-bond acceptors (Lipinski definition) is 3. The molecular formula is C23H26N2O3. The van der Waals surface area contributed by atoms with Gasteiger partial charge in [0.15, 0.2) is 11.5 Å². The smallest absolute Gasteiger partial charge is 0.223 e. The van der Waals surface area contributed by atoms with E-state index in [1.807, 2.05) is 41.4 Å². The molecule has 1 atom stereocenters. The van der Waals surface area contributed by atoms with Gasteiger partial charge in [-0.05, 0) is 42.2 Å². The number of aromatic nitrogens is 1. The third-order valence-corrected chi connectivity index (χ3v) is 5.64. The van der Waals surface area contributed by atoms with Crippen LogP contribution in [0.1, 0.15) is 36.3 Å². The number of nitrogens with one attached hydrogen (secondary N) is 1. The summed E-state index contributed by atoms with van der Waals surface area (Å²) in [6.07, 6.45) is 4.67. The Morgan fingerprint density at radius 3 is 2.57 bits per heavy atom. The van der Waals surface area contributed by atoms with Crippen molar-refractivity contribution in [2.75, 3.05) is 27.3 Å². The number of rotatable bonds is 6. The molecule has 0 aliphatic carbocycles. The van der Waals surface area contributed by atoms with E-state index in [0.29, 0.717) is 17.9 Å². The maximum atomic E-state index is 13.0. The first-order chi connectivity index (χ1) is 13.7. The van der Waals surface area contributed by atoms with Crippen molar-refractivity contribution in [3.8, 4) is 11.5 Å². The van der Waals surface area contributed by atoms with Gasteiger partial charge in [0.05, 0.1) is 14.2 Å². The number of aromatic amines is 1. The molecule has 1 amide bonds. The van der Waals surface area contributed by atoms with Crippen LogP contribution in [-0.4, -0.2) is 43.1 Å². The lowest BCUT2D eigenvalue weighted by Gasteiger charge is -2.22. The predicted molar refractivity (Wildman–Crippen MR) is 110 cm³/mol. The van der Waals surface area contributed by atoms with E-state index in [-0.39, 0.29) is 11.8 Å². The van der Waals surface area contributed by atoms with Crippen LogP contribution in [0.3, 0.4) is 0 Å². The van der Waals surface area contributed by atoms with E-state index >= 15 is 0 Å². The predicted octanol–water partition coefficient (Wildman–Crippen LogP) is 4.33. The number of nitrogens with zero attached hydrogens (tertiary/aromatic N) is 1. The first kappa shape index (κ1) is 18.4. The number of fused-ring (bicyclic) bond motifs is 1. The minimum absolute atomic E-state index is 0.0518. The number of benzene rings is 2. The zero-order chi connectivity index (χ0) is 19.5. The van der Waals surface area contributed by atoms with Crippen LogP contribution in [0, 0.1) is 0 Å². The van der Waals surface area contributed by atoms with E-state index in [1.54, 1.807) is 14.2 Å². The van der Waals surface area contributed by atoms with Gasteiger partial charge in [-0.2, -0.15) is 0 Å². The molecule has 1 aromatic heterocycles. The van der Waals surface area contributed by atoms with Gasteiger partial charge in [0, 0.05) is 42.5 Å². The van der Waals surface area contributed by atoms with Crippen LogP contribution in [0.15, 0.2) is 48.7 Å². The number of methoxy groups -OCH3 is 2. The number of hydrogen-bond donors (Lipinski definition) is 1. The van der Waals surface area contributed by atoms with Crippen LogP contribution < -0.4 is 9.47 Å². The van der Waals surface area contributed by atoms with Crippen LogP contribution in [0.5, 0.6) is 11.5 Å². The number of para-hydroxylation sites is 1. The van der Waals surface area contributed by atoms with Crippen LogP contribution >= 0.6 is 0 Å². The number of H-pyrrole nitrogens is 1. The summed E-state index contributed by atoms with van der Waals surface area (Å²) in [5.41, 5.74) is 3.27. The Kier molecular flexibility index (Phi) is 5.24. The normalized spacial score (nSPS) is 15.0. The fraction of sp³-hybridized carbons (Fsp3) is 0.348. The Morgan fingerprint density at radius 1 is 1.07 bits per heavy atom. The molecule has 1 aliphatic rings. The second-order valence-electron chi connectivity index (χ2n) is 7.25. The average molecular weight is 378 g/mol. The van der Waals surface area contributed by atoms with Crippen LogP contribution in [0.2, 0.25) is 0 Å². The van der Waals surface area contributed by atoms with Gasteiger partial charge in [0.1, 0.15) is 0 Å². The molecule has 0 radical (unpaired) electrons. The highest BCUT2D eigenvalue weighted by Gasteiger charge is 2.26. The minimum Gasteiger partial charge on any atom is -0.493 e. The van der Waals surface area contributed by atoms with Crippen molar-refractivity contribution < 1.29 is 14.3 Å². The molecule has 1 aliphatic heterocycles. The number of ether oxygens (including phenoxy) is 2. The van der Waals surface area contributed by atoms with E-state index in [4.69, 9.17) is 9.47 Å². The monoisotopic (exact) mass is 378 g/mol. The summed E-state index contributed by atoms with van der Waals surface area (Å²) in [4.78, 5) is 18.3. The average Bonchev–Trinajstić information content (AvgIpc) is 3.41. The number of amides is 1. The number of carbonyl (C=O) groups excluding carboxylic acids is 1. The highest BCUT2D eigenvalue weighted by Crippen LogP contribution is 2.38. The van der Waals surface area contributed by atoms with Crippen LogP contribution in [0.25, 0.3) is 10.9 Å². The molecule has 0 bridgehead atoms. The van der Waals surface area contributed by atoms with Gasteiger partial charge in [0.2, 0.25) is 5.91 Å². The standard InChI is InChI=1S/C23H26N2O3/c1-27-21-10-9-16(13-22(21)28-2)18(14-23(26)25-11-5-6-12-25)19-15-24-20-8-4-3-7-17(19)20/h3-4,7-10,13,15,18,24H,5-6,11-12,14H2,1-2H3/t18-/m1/s1. The lowest BCUT2D eigenvalue weighted by atomic mass is 9.87. The van der Waals surface area contributed by atoms with Crippen LogP contribution in [0.4, 0.5) is 0 Å². The van der Waals surface area contributed by atoms with Crippen molar-refractivity contribution >= 4 is 16.8 Å². The largest absolute Gasteiger partial charge is 0.493 e. The third-order valence-electron chi connectivity index (χ3n) is 5.64. The van der Waals surface area contributed by atoms with Crippen molar-refractivity contribution in [3.05, 3.63) is 59.8 Å². The maximum Gasteiger partial charge on any atom is 0.223 e. The van der Waals surface area contributed by atoms with Crippen LogP contribution in [-0.2, 0) is 4.79 Å². The lowest BCUT2D eigenvalue weighted by Crippen LogP contribution is -2.29. The molecule has 4 rings (SSSR count). The molecule has 1 saturated heterocycles. The van der Waals surface area contributed by atoms with Gasteiger partial charge in [-0.15, -0.1) is 0 Å². The molecule has 1 N–H and O–H groups in total. The molecule has 28 heavy (non-hydrogen) atoms. The molecule has 3 aromatic rings. The molecule has 5 nitrogen and oxygen atoms in total. The molecule has 1 fully saturated rings. The summed E-state index contributed by atoms with van der Waals surface area (Å²) in [6, 6.07) is 14.2. The Balaban J connectivity index is 1.76. The first-order valence-electron chi connectivity index (χ1n) is 9.77. The Labute approximate surface area is 165 Å². The Bertz CT molecular complexity index is 973. The summed E-state index contributed by atoms with van der Waals surface area (Å²) in [5, 5.41) is 1.15. The first-order valence-corrected chi connectivity index (χ1v) is 9.77. The molecule has 0 spiro atoms. The summed E-state index contributed by atoms with van der Waals surface area (Å²) in [6.45, 7) is 1.73. The number of carbonyl (C=O) groups is 1. The molecule has 0 saturated carbocycles. The second-order valence-corrected chi connectivity index (χ2v) is 7.25. The second kappa shape index (κ2) is 7.97. The number of likely N-dealkylation sites (tertiary alicyclic amines) is 1. The topological polar surface area (TPSA) is 54.6 Å². The zero-order valence-electron chi connectivity index (χ0n) is 16.4. The quantitative estimate of drug-likeness (QED) is 0.695. The van der Waals surface area contributed by atoms with Gasteiger partial charge < -0.3 is 19.4 Å². The van der Waals surface area contributed by atoms with Crippen molar-refractivity contribution in [2.24, 2.45) is 0 Å². The van der Waals surface area contributed by atoms with Crippen molar-refractivity contribution in [1.82, 2.24) is 9.88 Å². The lowest BCUT2D eigenvalue weighted by molar-refractivity contribution is -0.130. The highest BCUT2D eigenvalue weighted by molar-refractivity contribution is 5.86. The third kappa shape index (κ3) is 3.44. The SMILES string of the molecule is COc1ccc([C@@H](CC(=O)N2CCCC2)c2c[nH]c3ccccc23)cc1OC. The van der Waals surface area contributed by atoms with Crippen molar-refractivity contribution in [2.45, 2.75) is 25.2 Å². The van der Waals surface area contributed by atoms with E-state index in [1.165, 1.54) is 0 Å². The van der Waals surface area contributed by atoms with E-state index < -0.39 is 0 Å². The Hall–Kier alpha value is -2.95.